The van der Waals surface area contributed by atoms with Gasteiger partial charge in [0.2, 0.25) is 5.91 Å². The van der Waals surface area contributed by atoms with E-state index < -0.39 is 6.03 Å². The molecule has 6 heteroatoms. The summed E-state index contributed by atoms with van der Waals surface area (Å²) in [5, 5.41) is 1.78. The van der Waals surface area contributed by atoms with Gasteiger partial charge in [-0.1, -0.05) is 29.8 Å². The number of halogens is 1. The monoisotopic (exact) mass is 330 g/mol. The van der Waals surface area contributed by atoms with Gasteiger partial charge in [-0.15, -0.1) is 11.8 Å². The Morgan fingerprint density at radius 3 is 2.28 bits per heavy atom. The van der Waals surface area contributed by atoms with Gasteiger partial charge < -0.3 is 5.73 Å². The van der Waals surface area contributed by atoms with Crippen LogP contribution in [0.15, 0.2) is 33.6 Å². The number of carbonyl (C=O) groups excluding carboxylic acids is 2. The van der Waals surface area contributed by atoms with Gasteiger partial charge >= 0.3 is 6.03 Å². The Kier molecular flexibility index (Phi) is 5.68. The van der Waals surface area contributed by atoms with Gasteiger partial charge in [0, 0.05) is 9.37 Å². The maximum absolute atomic E-state index is 11.8. The molecule has 0 saturated heterocycles. The average molecular weight is 331 g/mol. The van der Waals surface area contributed by atoms with Crippen LogP contribution >= 0.6 is 27.7 Å². The number of amides is 3. The van der Waals surface area contributed by atoms with E-state index in [4.69, 9.17) is 5.73 Å². The third kappa shape index (κ3) is 4.70. The minimum atomic E-state index is -0.818. The molecule has 98 valence electrons. The van der Waals surface area contributed by atoms with Crippen LogP contribution in [0.5, 0.6) is 0 Å². The summed E-state index contributed by atoms with van der Waals surface area (Å²) in [6.45, 7) is 3.86. The van der Waals surface area contributed by atoms with Crippen molar-refractivity contribution in [3.05, 3.63) is 28.7 Å². The molecule has 1 aromatic rings. The van der Waals surface area contributed by atoms with Crippen molar-refractivity contribution in [3.8, 4) is 0 Å². The number of benzene rings is 1. The predicted molar refractivity (Wildman–Crippen MR) is 76.4 cm³/mol. The standard InChI is InChI=1S/C12H15BrN2O2S/c1-7(2)10(11(16)15-12(14)17)18-9-5-3-8(13)4-6-9/h3-7,10H,1-2H3,(H3,14,15,16,17). The largest absolute Gasteiger partial charge is 0.351 e. The first-order chi connectivity index (χ1) is 8.40. The number of primary amides is 1. The molecule has 0 bridgehead atoms. The number of nitrogens with one attached hydrogen (secondary N) is 1. The van der Waals surface area contributed by atoms with Crippen LogP contribution in [0, 0.1) is 5.92 Å². The summed E-state index contributed by atoms with van der Waals surface area (Å²) in [5.41, 5.74) is 4.96. The number of hydrogen-bond donors (Lipinski definition) is 2. The molecule has 3 N–H and O–H groups in total. The van der Waals surface area contributed by atoms with Crippen LogP contribution in [0.3, 0.4) is 0 Å². The van der Waals surface area contributed by atoms with Crippen molar-refractivity contribution in [3.63, 3.8) is 0 Å². The lowest BCUT2D eigenvalue weighted by Gasteiger charge is -2.18. The van der Waals surface area contributed by atoms with E-state index in [9.17, 15) is 9.59 Å². The van der Waals surface area contributed by atoms with Gasteiger partial charge in [0.25, 0.3) is 0 Å². The molecule has 4 nitrogen and oxygen atoms in total. The van der Waals surface area contributed by atoms with Gasteiger partial charge in [-0.3, -0.25) is 10.1 Å². The lowest BCUT2D eigenvalue weighted by molar-refractivity contribution is -0.120. The normalized spacial score (nSPS) is 12.2. The molecule has 0 heterocycles. The zero-order valence-electron chi connectivity index (χ0n) is 10.1. The number of nitrogens with two attached hydrogens (primary N) is 1. The molecule has 1 aromatic carbocycles. The first kappa shape index (κ1) is 15.0. The zero-order valence-corrected chi connectivity index (χ0v) is 12.5. The first-order valence-electron chi connectivity index (χ1n) is 5.42. The highest BCUT2D eigenvalue weighted by Crippen LogP contribution is 2.29. The fraction of sp³-hybridized carbons (Fsp3) is 0.333. The van der Waals surface area contributed by atoms with Gasteiger partial charge in [0.15, 0.2) is 0 Å². The number of thioether (sulfide) groups is 1. The molecule has 1 rings (SSSR count). The highest BCUT2D eigenvalue weighted by Gasteiger charge is 2.24. The number of rotatable bonds is 4. The van der Waals surface area contributed by atoms with Crippen molar-refractivity contribution >= 4 is 39.6 Å². The molecule has 3 amide bonds. The first-order valence-corrected chi connectivity index (χ1v) is 7.10. The van der Waals surface area contributed by atoms with E-state index in [1.807, 2.05) is 38.1 Å². The molecule has 1 unspecified atom stereocenters. The topological polar surface area (TPSA) is 72.2 Å². The summed E-state index contributed by atoms with van der Waals surface area (Å²) in [6, 6.07) is 6.84. The van der Waals surface area contributed by atoms with Gasteiger partial charge in [-0.05, 0) is 30.2 Å². The summed E-state index contributed by atoms with van der Waals surface area (Å²) < 4.78 is 0.981. The summed E-state index contributed by atoms with van der Waals surface area (Å²) in [6.07, 6.45) is 0. The van der Waals surface area contributed by atoms with Crippen molar-refractivity contribution in [1.29, 1.82) is 0 Å². The second kappa shape index (κ2) is 6.80. The fourth-order valence-corrected chi connectivity index (χ4v) is 2.63. The average Bonchev–Trinajstić information content (AvgIpc) is 2.26. The summed E-state index contributed by atoms with van der Waals surface area (Å²) >= 11 is 4.77. The molecule has 0 aliphatic carbocycles. The molecule has 0 spiro atoms. The van der Waals surface area contributed by atoms with E-state index in [0.29, 0.717) is 0 Å². The Balaban J connectivity index is 2.77. The number of imide groups is 1. The van der Waals surface area contributed by atoms with Gasteiger partial charge in [0.1, 0.15) is 0 Å². The third-order valence-electron chi connectivity index (χ3n) is 2.19. The highest BCUT2D eigenvalue weighted by atomic mass is 79.9. The lowest BCUT2D eigenvalue weighted by atomic mass is 10.1. The number of hydrogen-bond acceptors (Lipinski definition) is 3. The van der Waals surface area contributed by atoms with E-state index in [2.05, 4.69) is 21.2 Å². The number of urea groups is 1. The second-order valence-electron chi connectivity index (χ2n) is 4.09. The number of carbonyl (C=O) groups is 2. The van der Waals surface area contributed by atoms with E-state index in [1.165, 1.54) is 11.8 Å². The van der Waals surface area contributed by atoms with Gasteiger partial charge in [-0.2, -0.15) is 0 Å². The highest BCUT2D eigenvalue weighted by molar-refractivity contribution is 9.10. The Bertz CT molecular complexity index is 434. The SMILES string of the molecule is CC(C)C(Sc1ccc(Br)cc1)C(=O)NC(N)=O. The van der Waals surface area contributed by atoms with Crippen molar-refractivity contribution in [2.45, 2.75) is 24.0 Å². The maximum atomic E-state index is 11.8. The molecule has 0 aromatic heterocycles. The molecular formula is C12H15BrN2O2S. The summed E-state index contributed by atoms with van der Waals surface area (Å²) in [7, 11) is 0. The molecule has 0 radical (unpaired) electrons. The quantitative estimate of drug-likeness (QED) is 0.834. The van der Waals surface area contributed by atoms with Crippen LogP contribution in [0.4, 0.5) is 4.79 Å². The van der Waals surface area contributed by atoms with E-state index in [-0.39, 0.29) is 17.1 Å². The molecule has 1 atom stereocenters. The third-order valence-corrected chi connectivity index (χ3v) is 4.27. The van der Waals surface area contributed by atoms with Gasteiger partial charge in [-0.25, -0.2) is 4.79 Å². The van der Waals surface area contributed by atoms with Crippen LogP contribution < -0.4 is 11.1 Å². The van der Waals surface area contributed by atoms with Crippen molar-refractivity contribution in [2.24, 2.45) is 11.7 Å². The molecule has 0 aliphatic heterocycles. The van der Waals surface area contributed by atoms with E-state index in [1.54, 1.807) is 0 Å². The fourth-order valence-electron chi connectivity index (χ4n) is 1.34. The van der Waals surface area contributed by atoms with Crippen LogP contribution in [0.1, 0.15) is 13.8 Å². The Morgan fingerprint density at radius 2 is 1.83 bits per heavy atom. The smallest absolute Gasteiger partial charge is 0.318 e. The molecule has 0 aliphatic rings. The maximum Gasteiger partial charge on any atom is 0.318 e. The Hall–Kier alpha value is -1.01. The van der Waals surface area contributed by atoms with E-state index in [0.717, 1.165) is 9.37 Å². The molecular weight excluding hydrogens is 316 g/mol. The molecule has 0 fully saturated rings. The van der Waals surface area contributed by atoms with Crippen LogP contribution in [-0.2, 0) is 4.79 Å². The van der Waals surface area contributed by atoms with Crippen molar-refractivity contribution in [1.82, 2.24) is 5.32 Å². The van der Waals surface area contributed by atoms with E-state index >= 15 is 0 Å². The lowest BCUT2D eigenvalue weighted by Crippen LogP contribution is -2.42. The van der Waals surface area contributed by atoms with Crippen LogP contribution in [0.2, 0.25) is 0 Å². The molecule has 18 heavy (non-hydrogen) atoms. The van der Waals surface area contributed by atoms with Crippen molar-refractivity contribution in [2.75, 3.05) is 0 Å². The van der Waals surface area contributed by atoms with Gasteiger partial charge in [0.05, 0.1) is 5.25 Å². The zero-order chi connectivity index (χ0) is 13.7. The molecule has 0 saturated carbocycles. The second-order valence-corrected chi connectivity index (χ2v) is 6.22. The minimum absolute atomic E-state index is 0.0954. The van der Waals surface area contributed by atoms with Crippen molar-refractivity contribution < 1.29 is 9.59 Å². The van der Waals surface area contributed by atoms with Crippen LogP contribution in [-0.4, -0.2) is 17.2 Å². The summed E-state index contributed by atoms with van der Waals surface area (Å²) in [4.78, 5) is 23.5. The Morgan fingerprint density at radius 1 is 1.28 bits per heavy atom. The van der Waals surface area contributed by atoms with Crippen LogP contribution in [0.25, 0.3) is 0 Å². The summed E-state index contributed by atoms with van der Waals surface area (Å²) in [5.74, 6) is -0.261. The predicted octanol–water partition coefficient (Wildman–Crippen LogP) is 2.76. The minimum Gasteiger partial charge on any atom is -0.351 e. The Labute approximate surface area is 119 Å².